The molecule has 0 saturated carbocycles. The van der Waals surface area contributed by atoms with Crippen molar-refractivity contribution in [3.63, 3.8) is 0 Å². The van der Waals surface area contributed by atoms with Gasteiger partial charge in [0.2, 0.25) is 0 Å². The predicted octanol–water partition coefficient (Wildman–Crippen LogP) is 2.56. The largest absolute Gasteiger partial charge is 0.481 e. The number of rotatable bonds is 5. The van der Waals surface area contributed by atoms with Crippen LogP contribution in [0.15, 0.2) is 24.3 Å². The highest BCUT2D eigenvalue weighted by molar-refractivity contribution is 7.97. The molecule has 120 valence electrons. The molecule has 0 spiro atoms. The number of piperidine rings is 1. The molecule has 5 nitrogen and oxygen atoms in total. The van der Waals surface area contributed by atoms with Gasteiger partial charge in [-0.15, -0.1) is 0 Å². The van der Waals surface area contributed by atoms with Crippen molar-refractivity contribution in [2.45, 2.75) is 25.1 Å². The average molecular weight is 322 g/mol. The van der Waals surface area contributed by atoms with E-state index in [0.29, 0.717) is 32.5 Å². The van der Waals surface area contributed by atoms with Crippen molar-refractivity contribution >= 4 is 23.8 Å². The number of hydrogen-bond donors (Lipinski definition) is 2. The molecule has 0 aromatic heterocycles. The summed E-state index contributed by atoms with van der Waals surface area (Å²) < 4.78 is 0. The van der Waals surface area contributed by atoms with E-state index in [4.69, 9.17) is 5.11 Å². The first-order valence-corrected chi connectivity index (χ1v) is 8.82. The topological polar surface area (TPSA) is 69.6 Å². The normalized spacial score (nSPS) is 15.6. The maximum Gasteiger partial charge on any atom is 0.317 e. The molecule has 0 unspecified atom stereocenters. The van der Waals surface area contributed by atoms with Gasteiger partial charge in [-0.2, -0.15) is 11.8 Å². The van der Waals surface area contributed by atoms with Crippen molar-refractivity contribution in [3.8, 4) is 0 Å². The molecule has 1 saturated heterocycles. The maximum atomic E-state index is 12.1. The van der Waals surface area contributed by atoms with Crippen LogP contribution < -0.4 is 5.32 Å². The molecule has 0 atom stereocenters. The Kier molecular flexibility index (Phi) is 6.12. The summed E-state index contributed by atoms with van der Waals surface area (Å²) in [4.78, 5) is 24.7. The second-order valence-corrected chi connectivity index (χ2v) is 6.37. The average Bonchev–Trinajstić information content (AvgIpc) is 2.54. The minimum Gasteiger partial charge on any atom is -0.481 e. The third kappa shape index (κ3) is 4.66. The van der Waals surface area contributed by atoms with Crippen molar-refractivity contribution in [1.82, 2.24) is 10.2 Å². The number of nitrogens with one attached hydrogen (secondary N) is 1. The van der Waals surface area contributed by atoms with E-state index in [1.165, 1.54) is 5.56 Å². The van der Waals surface area contributed by atoms with Gasteiger partial charge < -0.3 is 15.3 Å². The molecule has 22 heavy (non-hydrogen) atoms. The molecule has 0 radical (unpaired) electrons. The van der Waals surface area contributed by atoms with Crippen LogP contribution in [0, 0.1) is 5.92 Å². The summed E-state index contributed by atoms with van der Waals surface area (Å²) >= 11 is 1.78. The second kappa shape index (κ2) is 8.08. The zero-order valence-corrected chi connectivity index (χ0v) is 13.6. The van der Waals surface area contributed by atoms with E-state index in [-0.39, 0.29) is 11.9 Å². The number of urea groups is 1. The van der Waals surface area contributed by atoms with Gasteiger partial charge in [-0.25, -0.2) is 4.79 Å². The molecular weight excluding hydrogens is 300 g/mol. The van der Waals surface area contributed by atoms with Gasteiger partial charge >= 0.3 is 12.0 Å². The molecule has 2 rings (SSSR count). The molecule has 1 fully saturated rings. The minimum atomic E-state index is -0.759. The van der Waals surface area contributed by atoms with Gasteiger partial charge in [0.25, 0.3) is 0 Å². The Labute approximate surface area is 135 Å². The summed E-state index contributed by atoms with van der Waals surface area (Å²) in [5, 5.41) is 11.9. The summed E-state index contributed by atoms with van der Waals surface area (Å²) in [5.74, 6) is -0.0797. The van der Waals surface area contributed by atoms with Crippen LogP contribution in [0.2, 0.25) is 0 Å². The fraction of sp³-hybridized carbons (Fsp3) is 0.500. The van der Waals surface area contributed by atoms with Crippen molar-refractivity contribution in [2.75, 3.05) is 19.3 Å². The summed E-state index contributed by atoms with van der Waals surface area (Å²) in [6, 6.07) is 8.11. The number of benzene rings is 1. The van der Waals surface area contributed by atoms with Crippen LogP contribution in [0.1, 0.15) is 24.0 Å². The Hall–Kier alpha value is -1.69. The highest BCUT2D eigenvalue weighted by Crippen LogP contribution is 2.17. The summed E-state index contributed by atoms with van der Waals surface area (Å²) in [5.41, 5.74) is 2.34. The van der Waals surface area contributed by atoms with Crippen LogP contribution >= 0.6 is 11.8 Å². The van der Waals surface area contributed by atoms with Gasteiger partial charge in [0, 0.05) is 25.4 Å². The monoisotopic (exact) mass is 322 g/mol. The number of carboxylic acids is 1. The van der Waals surface area contributed by atoms with Gasteiger partial charge in [-0.1, -0.05) is 24.3 Å². The van der Waals surface area contributed by atoms with E-state index in [9.17, 15) is 9.59 Å². The number of carbonyl (C=O) groups is 2. The smallest absolute Gasteiger partial charge is 0.317 e. The van der Waals surface area contributed by atoms with Gasteiger partial charge in [0.15, 0.2) is 0 Å². The number of carboxylic acid groups (broad SMARTS) is 1. The number of aliphatic carboxylic acids is 1. The van der Waals surface area contributed by atoms with E-state index >= 15 is 0 Å². The van der Waals surface area contributed by atoms with E-state index in [1.54, 1.807) is 16.7 Å². The number of carbonyl (C=O) groups excluding carboxylic acids is 1. The van der Waals surface area contributed by atoms with E-state index < -0.39 is 5.97 Å². The van der Waals surface area contributed by atoms with Crippen molar-refractivity contribution in [3.05, 3.63) is 35.4 Å². The van der Waals surface area contributed by atoms with Crippen LogP contribution in [0.4, 0.5) is 4.79 Å². The van der Waals surface area contributed by atoms with E-state index in [2.05, 4.69) is 23.7 Å². The molecule has 1 aliphatic rings. The first kappa shape index (κ1) is 16.7. The molecule has 0 bridgehead atoms. The Morgan fingerprint density at radius 2 is 1.82 bits per heavy atom. The lowest BCUT2D eigenvalue weighted by Crippen LogP contribution is -2.45. The molecule has 6 heteroatoms. The highest BCUT2D eigenvalue weighted by atomic mass is 32.2. The SMILES string of the molecule is CSCc1ccc(CNC(=O)N2CCC(C(=O)O)CC2)cc1. The summed E-state index contributed by atoms with van der Waals surface area (Å²) in [7, 11) is 0. The van der Waals surface area contributed by atoms with Crippen LogP contribution in [0.5, 0.6) is 0 Å². The zero-order valence-electron chi connectivity index (χ0n) is 12.7. The van der Waals surface area contributed by atoms with Crippen molar-refractivity contribution in [1.29, 1.82) is 0 Å². The molecule has 1 aromatic rings. The Bertz CT molecular complexity index is 511. The van der Waals surface area contributed by atoms with Crippen LogP contribution in [0.3, 0.4) is 0 Å². The van der Waals surface area contributed by atoms with Crippen LogP contribution in [-0.2, 0) is 17.1 Å². The maximum absolute atomic E-state index is 12.1. The van der Waals surface area contributed by atoms with Crippen LogP contribution in [0.25, 0.3) is 0 Å². The Balaban J connectivity index is 1.77. The lowest BCUT2D eigenvalue weighted by atomic mass is 9.97. The first-order valence-electron chi connectivity index (χ1n) is 7.42. The zero-order chi connectivity index (χ0) is 15.9. The quantitative estimate of drug-likeness (QED) is 0.874. The Morgan fingerprint density at radius 1 is 1.23 bits per heavy atom. The third-order valence-corrected chi connectivity index (χ3v) is 4.53. The molecule has 2 N–H and O–H groups in total. The lowest BCUT2D eigenvalue weighted by molar-refractivity contribution is -0.143. The molecule has 2 amide bonds. The van der Waals surface area contributed by atoms with Crippen LogP contribution in [-0.4, -0.2) is 41.4 Å². The molecule has 1 aromatic carbocycles. The van der Waals surface area contributed by atoms with Crippen molar-refractivity contribution < 1.29 is 14.7 Å². The van der Waals surface area contributed by atoms with Crippen molar-refractivity contribution in [2.24, 2.45) is 5.92 Å². The van der Waals surface area contributed by atoms with Gasteiger partial charge in [0.05, 0.1) is 5.92 Å². The summed E-state index contributed by atoms with van der Waals surface area (Å²) in [6.45, 7) is 1.52. The lowest BCUT2D eigenvalue weighted by Gasteiger charge is -2.30. The van der Waals surface area contributed by atoms with Gasteiger partial charge in [0.1, 0.15) is 0 Å². The molecule has 1 heterocycles. The first-order chi connectivity index (χ1) is 10.6. The fourth-order valence-electron chi connectivity index (χ4n) is 2.54. The minimum absolute atomic E-state index is 0.114. The number of nitrogens with zero attached hydrogens (tertiary/aromatic N) is 1. The highest BCUT2D eigenvalue weighted by Gasteiger charge is 2.26. The summed E-state index contributed by atoms with van der Waals surface area (Å²) in [6.07, 6.45) is 3.14. The van der Waals surface area contributed by atoms with E-state index in [0.717, 1.165) is 11.3 Å². The third-order valence-electron chi connectivity index (χ3n) is 3.91. The number of thioether (sulfide) groups is 1. The fourth-order valence-corrected chi connectivity index (χ4v) is 3.06. The van der Waals surface area contributed by atoms with Gasteiger partial charge in [-0.3, -0.25) is 4.79 Å². The predicted molar refractivity (Wildman–Crippen MR) is 87.8 cm³/mol. The number of amides is 2. The standard InChI is InChI=1S/C16H22N2O3S/c1-22-11-13-4-2-12(3-5-13)10-17-16(21)18-8-6-14(7-9-18)15(19)20/h2-5,14H,6-11H2,1H3,(H,17,21)(H,19,20). The molecular formula is C16H22N2O3S. The Morgan fingerprint density at radius 3 is 2.36 bits per heavy atom. The number of likely N-dealkylation sites (tertiary alicyclic amines) is 1. The molecule has 0 aliphatic carbocycles. The van der Waals surface area contributed by atoms with Gasteiger partial charge in [-0.05, 0) is 30.2 Å². The second-order valence-electron chi connectivity index (χ2n) is 5.51. The number of hydrogen-bond acceptors (Lipinski definition) is 3. The molecule has 1 aliphatic heterocycles. The van der Waals surface area contributed by atoms with E-state index in [1.807, 2.05) is 12.1 Å².